The average molecular weight is 411 g/mol. The summed E-state index contributed by atoms with van der Waals surface area (Å²) < 4.78 is 5.69. The Morgan fingerprint density at radius 2 is 1.53 bits per heavy atom. The van der Waals surface area contributed by atoms with Gasteiger partial charge in [-0.3, -0.25) is 9.59 Å². The largest absolute Gasteiger partial charge is 0.381 e. The quantitative estimate of drug-likeness (QED) is 0.766. The molecule has 1 atom stereocenters. The highest BCUT2D eigenvalue weighted by atomic mass is 16.5. The highest BCUT2D eigenvalue weighted by Gasteiger charge is 2.58. The van der Waals surface area contributed by atoms with E-state index >= 15 is 0 Å². The summed E-state index contributed by atoms with van der Waals surface area (Å²) in [6.07, 6.45) is 8.95. The van der Waals surface area contributed by atoms with E-state index < -0.39 is 5.41 Å². The number of piperidine rings is 2. The van der Waals surface area contributed by atoms with Crippen LogP contribution in [-0.2, 0) is 19.7 Å². The first-order chi connectivity index (χ1) is 14.7. The van der Waals surface area contributed by atoms with Crippen LogP contribution < -0.4 is 0 Å². The van der Waals surface area contributed by atoms with Crippen molar-refractivity contribution in [2.45, 2.75) is 69.2 Å². The Hall–Kier alpha value is -1.88. The predicted octanol–water partition coefficient (Wildman–Crippen LogP) is 3.52. The smallest absolute Gasteiger partial charge is 0.245 e. The fraction of sp³-hybridized carbons (Fsp3) is 0.680. The molecule has 0 aromatic heterocycles. The zero-order chi connectivity index (χ0) is 20.6. The molecule has 1 aromatic carbocycles. The van der Waals surface area contributed by atoms with Crippen molar-refractivity contribution in [2.24, 2.45) is 5.41 Å². The van der Waals surface area contributed by atoms with Gasteiger partial charge < -0.3 is 14.5 Å². The lowest BCUT2D eigenvalue weighted by molar-refractivity contribution is -0.163. The third kappa shape index (κ3) is 3.35. The number of hydrogen-bond donors (Lipinski definition) is 0. The Balaban J connectivity index is 1.49. The number of ether oxygens (including phenoxy) is 1. The number of carbonyl (C=O) groups excluding carboxylic acids is 2. The summed E-state index contributed by atoms with van der Waals surface area (Å²) in [6, 6.07) is 9.90. The zero-order valence-corrected chi connectivity index (χ0v) is 18.0. The number of rotatable bonds is 3. The van der Waals surface area contributed by atoms with Crippen molar-refractivity contribution in [1.29, 1.82) is 0 Å². The van der Waals surface area contributed by atoms with Gasteiger partial charge in [0.1, 0.15) is 6.04 Å². The van der Waals surface area contributed by atoms with E-state index in [4.69, 9.17) is 4.74 Å². The van der Waals surface area contributed by atoms with E-state index in [9.17, 15) is 9.59 Å². The van der Waals surface area contributed by atoms with Crippen LogP contribution in [0, 0.1) is 5.41 Å². The minimum Gasteiger partial charge on any atom is -0.381 e. The second-order valence-electron chi connectivity index (χ2n) is 9.81. The van der Waals surface area contributed by atoms with Gasteiger partial charge in [-0.2, -0.15) is 0 Å². The van der Waals surface area contributed by atoms with Crippen LogP contribution in [0.3, 0.4) is 0 Å². The van der Waals surface area contributed by atoms with Crippen LogP contribution >= 0.6 is 0 Å². The second-order valence-corrected chi connectivity index (χ2v) is 9.81. The molecule has 162 valence electrons. The van der Waals surface area contributed by atoms with Crippen LogP contribution in [0.2, 0.25) is 0 Å². The van der Waals surface area contributed by atoms with Gasteiger partial charge >= 0.3 is 0 Å². The molecule has 4 aliphatic rings. The Kier molecular flexibility index (Phi) is 5.34. The van der Waals surface area contributed by atoms with Gasteiger partial charge in [0.2, 0.25) is 11.8 Å². The molecule has 5 rings (SSSR count). The van der Waals surface area contributed by atoms with Crippen molar-refractivity contribution >= 4 is 11.8 Å². The Labute approximate surface area is 179 Å². The third-order valence-corrected chi connectivity index (χ3v) is 8.10. The SMILES string of the molecule is O=C(C1N(C(=O)C2(c3ccccc3)CC2)CCCC12CCOCC2)N1CCCCC1. The van der Waals surface area contributed by atoms with Crippen LogP contribution in [0.5, 0.6) is 0 Å². The number of hydrogen-bond acceptors (Lipinski definition) is 3. The van der Waals surface area contributed by atoms with E-state index in [1.807, 2.05) is 23.1 Å². The molecule has 3 saturated heterocycles. The van der Waals surface area contributed by atoms with Crippen LogP contribution in [0.4, 0.5) is 0 Å². The summed E-state index contributed by atoms with van der Waals surface area (Å²) in [6.45, 7) is 3.80. The number of carbonyl (C=O) groups is 2. The first-order valence-electron chi connectivity index (χ1n) is 11.9. The molecule has 0 N–H and O–H groups in total. The van der Waals surface area contributed by atoms with Crippen molar-refractivity contribution in [3.63, 3.8) is 0 Å². The Morgan fingerprint density at radius 1 is 0.833 bits per heavy atom. The summed E-state index contributed by atoms with van der Waals surface area (Å²) >= 11 is 0. The molecular formula is C25H34N2O3. The lowest BCUT2D eigenvalue weighted by Crippen LogP contribution is -2.64. The molecular weight excluding hydrogens is 376 g/mol. The van der Waals surface area contributed by atoms with Gasteiger partial charge in [-0.05, 0) is 63.4 Å². The first-order valence-corrected chi connectivity index (χ1v) is 11.9. The topological polar surface area (TPSA) is 49.9 Å². The number of likely N-dealkylation sites (tertiary alicyclic amines) is 2. The molecule has 0 bridgehead atoms. The molecule has 0 radical (unpaired) electrons. The maximum atomic E-state index is 14.0. The van der Waals surface area contributed by atoms with Gasteiger partial charge in [0.05, 0.1) is 5.41 Å². The maximum absolute atomic E-state index is 14.0. The summed E-state index contributed by atoms with van der Waals surface area (Å²) in [4.78, 5) is 32.0. The Bertz CT molecular complexity index is 771. The fourth-order valence-electron chi connectivity index (χ4n) is 6.18. The molecule has 30 heavy (non-hydrogen) atoms. The van der Waals surface area contributed by atoms with Crippen molar-refractivity contribution in [3.8, 4) is 0 Å². The maximum Gasteiger partial charge on any atom is 0.245 e. The lowest BCUT2D eigenvalue weighted by atomic mass is 9.67. The Morgan fingerprint density at radius 3 is 2.20 bits per heavy atom. The van der Waals surface area contributed by atoms with E-state index in [0.717, 1.165) is 70.0 Å². The molecule has 2 amide bonds. The molecule has 1 saturated carbocycles. The van der Waals surface area contributed by atoms with Gasteiger partial charge in [-0.25, -0.2) is 0 Å². The molecule has 1 unspecified atom stereocenters. The minimum absolute atomic E-state index is 0.118. The summed E-state index contributed by atoms with van der Waals surface area (Å²) in [5.41, 5.74) is 0.588. The van der Waals surface area contributed by atoms with Crippen LogP contribution in [0.15, 0.2) is 30.3 Å². The molecule has 4 fully saturated rings. The monoisotopic (exact) mass is 410 g/mol. The highest BCUT2D eigenvalue weighted by molar-refractivity contribution is 5.96. The summed E-state index contributed by atoms with van der Waals surface area (Å²) in [7, 11) is 0. The molecule has 5 heteroatoms. The number of amides is 2. The molecule has 5 nitrogen and oxygen atoms in total. The van der Waals surface area contributed by atoms with E-state index in [1.54, 1.807) is 0 Å². The van der Waals surface area contributed by atoms with E-state index in [1.165, 1.54) is 6.42 Å². The molecule has 1 spiro atoms. The van der Waals surface area contributed by atoms with Gasteiger partial charge in [-0.15, -0.1) is 0 Å². The average Bonchev–Trinajstić information content (AvgIpc) is 3.62. The van der Waals surface area contributed by atoms with Gasteiger partial charge in [-0.1, -0.05) is 30.3 Å². The van der Waals surface area contributed by atoms with Gasteiger partial charge in [0.15, 0.2) is 0 Å². The van der Waals surface area contributed by atoms with Crippen LogP contribution in [0.25, 0.3) is 0 Å². The van der Waals surface area contributed by atoms with Crippen LogP contribution in [-0.4, -0.2) is 60.5 Å². The van der Waals surface area contributed by atoms with Crippen molar-refractivity contribution in [1.82, 2.24) is 9.80 Å². The van der Waals surface area contributed by atoms with E-state index in [2.05, 4.69) is 17.0 Å². The fourth-order valence-corrected chi connectivity index (χ4v) is 6.18. The van der Waals surface area contributed by atoms with Crippen LogP contribution in [0.1, 0.15) is 63.4 Å². The van der Waals surface area contributed by atoms with E-state index in [0.29, 0.717) is 19.8 Å². The summed E-state index contributed by atoms with van der Waals surface area (Å²) in [5.74, 6) is 0.392. The zero-order valence-electron chi connectivity index (χ0n) is 18.0. The highest BCUT2D eigenvalue weighted by Crippen LogP contribution is 2.52. The normalized spacial score (nSPS) is 27.7. The lowest BCUT2D eigenvalue weighted by Gasteiger charge is -2.52. The number of benzene rings is 1. The minimum atomic E-state index is -0.411. The van der Waals surface area contributed by atoms with E-state index in [-0.39, 0.29) is 23.3 Å². The number of nitrogens with zero attached hydrogens (tertiary/aromatic N) is 2. The van der Waals surface area contributed by atoms with Crippen molar-refractivity contribution in [3.05, 3.63) is 35.9 Å². The summed E-state index contributed by atoms with van der Waals surface area (Å²) in [5, 5.41) is 0. The molecule has 1 aromatic rings. The molecule has 3 aliphatic heterocycles. The van der Waals surface area contributed by atoms with Crippen molar-refractivity contribution < 1.29 is 14.3 Å². The van der Waals surface area contributed by atoms with Gasteiger partial charge in [0.25, 0.3) is 0 Å². The van der Waals surface area contributed by atoms with Crippen molar-refractivity contribution in [2.75, 3.05) is 32.8 Å². The third-order valence-electron chi connectivity index (χ3n) is 8.10. The predicted molar refractivity (Wildman–Crippen MR) is 115 cm³/mol. The first kappa shape index (κ1) is 20.0. The second kappa shape index (κ2) is 7.99. The molecule has 3 heterocycles. The molecule has 1 aliphatic carbocycles. The van der Waals surface area contributed by atoms with Gasteiger partial charge in [0, 0.05) is 38.3 Å². The standard InChI is InChI=1S/C25H34N2O3/c28-22(26-15-5-2-6-16-26)21-24(13-18-30-19-14-24)10-7-17-27(21)23(29)25(11-12-25)20-8-3-1-4-9-20/h1,3-4,8-9,21H,2,5-7,10-19H2.